The van der Waals surface area contributed by atoms with Gasteiger partial charge in [0.2, 0.25) is 5.82 Å². The van der Waals surface area contributed by atoms with Crippen LogP contribution in [0.3, 0.4) is 0 Å². The maximum atomic E-state index is 14.0. The van der Waals surface area contributed by atoms with Gasteiger partial charge in [-0.25, -0.2) is 4.39 Å². The predicted octanol–water partition coefficient (Wildman–Crippen LogP) is 2.64. The summed E-state index contributed by atoms with van der Waals surface area (Å²) in [4.78, 5) is 9.74. The molecule has 3 rings (SSSR count). The summed E-state index contributed by atoms with van der Waals surface area (Å²) in [6, 6.07) is 1.93. The molecule has 1 fully saturated rings. The number of benzene rings is 1. The molecule has 2 aromatic rings. The molecule has 110 valence electrons. The second-order valence-corrected chi connectivity index (χ2v) is 5.76. The van der Waals surface area contributed by atoms with Crippen molar-refractivity contribution in [1.82, 2.24) is 15.5 Å². The molecule has 1 aromatic heterocycles. The quantitative estimate of drug-likeness (QED) is 0.678. The zero-order chi connectivity index (χ0) is 15.0. The molecule has 1 saturated carbocycles. The second kappa shape index (κ2) is 5.41. The average molecular weight is 312 g/mol. The van der Waals surface area contributed by atoms with Crippen LogP contribution >= 0.6 is 11.3 Å². The van der Waals surface area contributed by atoms with Gasteiger partial charge < -0.3 is 5.32 Å². The van der Waals surface area contributed by atoms with Crippen molar-refractivity contribution in [3.8, 4) is 10.6 Å². The van der Waals surface area contributed by atoms with Crippen LogP contribution in [0.25, 0.3) is 10.6 Å². The molecular formula is C12H10F2N4O2S. The maximum Gasteiger partial charge on any atom is 0.308 e. The van der Waals surface area contributed by atoms with E-state index in [9.17, 15) is 18.9 Å². The van der Waals surface area contributed by atoms with Crippen LogP contribution in [-0.2, 0) is 6.54 Å². The van der Waals surface area contributed by atoms with E-state index >= 15 is 0 Å². The van der Waals surface area contributed by atoms with Crippen LogP contribution in [0.4, 0.5) is 14.5 Å². The molecule has 6 nitrogen and oxygen atoms in total. The highest BCUT2D eigenvalue weighted by Crippen LogP contribution is 2.32. The summed E-state index contributed by atoms with van der Waals surface area (Å²) < 4.78 is 27.4. The summed E-state index contributed by atoms with van der Waals surface area (Å²) in [5, 5.41) is 22.4. The molecule has 0 atom stereocenters. The fourth-order valence-corrected chi connectivity index (χ4v) is 2.62. The molecule has 1 N–H and O–H groups in total. The van der Waals surface area contributed by atoms with Crippen LogP contribution in [0.1, 0.15) is 17.8 Å². The van der Waals surface area contributed by atoms with Crippen molar-refractivity contribution in [3.05, 3.63) is 38.9 Å². The third kappa shape index (κ3) is 3.03. The minimum Gasteiger partial charge on any atom is -0.308 e. The Morgan fingerprint density at radius 2 is 2.14 bits per heavy atom. The van der Waals surface area contributed by atoms with Crippen molar-refractivity contribution in [3.63, 3.8) is 0 Å². The van der Waals surface area contributed by atoms with Gasteiger partial charge in [0.1, 0.15) is 10.8 Å². The summed E-state index contributed by atoms with van der Waals surface area (Å²) in [6.45, 7) is 0.501. The van der Waals surface area contributed by atoms with E-state index in [1.807, 2.05) is 0 Å². The first-order valence-electron chi connectivity index (χ1n) is 6.24. The van der Waals surface area contributed by atoms with Gasteiger partial charge in [-0.05, 0) is 18.9 Å². The highest BCUT2D eigenvalue weighted by atomic mass is 32.1. The number of rotatable bonds is 5. The third-order valence-electron chi connectivity index (χ3n) is 3.03. The number of hydrogen-bond donors (Lipinski definition) is 1. The van der Waals surface area contributed by atoms with E-state index in [2.05, 4.69) is 15.5 Å². The first-order valence-corrected chi connectivity index (χ1v) is 7.06. The molecule has 0 radical (unpaired) electrons. The lowest BCUT2D eigenvalue weighted by Crippen LogP contribution is -2.14. The Morgan fingerprint density at radius 1 is 1.38 bits per heavy atom. The smallest absolute Gasteiger partial charge is 0.308 e. The van der Waals surface area contributed by atoms with Crippen molar-refractivity contribution in [2.24, 2.45) is 0 Å². The lowest BCUT2D eigenvalue weighted by Gasteiger charge is -2.00. The molecule has 0 bridgehead atoms. The largest absolute Gasteiger partial charge is 0.308 e. The molecule has 0 unspecified atom stereocenters. The molecule has 0 amide bonds. The Bertz CT molecular complexity index is 703. The molecule has 1 aliphatic carbocycles. The predicted molar refractivity (Wildman–Crippen MR) is 71.8 cm³/mol. The lowest BCUT2D eigenvalue weighted by molar-refractivity contribution is -0.387. The van der Waals surface area contributed by atoms with Crippen molar-refractivity contribution in [2.75, 3.05) is 0 Å². The van der Waals surface area contributed by atoms with Crippen LogP contribution < -0.4 is 5.32 Å². The molecule has 0 spiro atoms. The summed E-state index contributed by atoms with van der Waals surface area (Å²) in [7, 11) is 0. The maximum absolute atomic E-state index is 14.0. The number of hydrogen-bond acceptors (Lipinski definition) is 6. The summed E-state index contributed by atoms with van der Waals surface area (Å²) >= 11 is 1.09. The van der Waals surface area contributed by atoms with Gasteiger partial charge in [-0.3, -0.25) is 10.1 Å². The highest BCUT2D eigenvalue weighted by molar-refractivity contribution is 7.14. The van der Waals surface area contributed by atoms with Gasteiger partial charge in [-0.1, -0.05) is 11.3 Å². The molecule has 21 heavy (non-hydrogen) atoms. The van der Waals surface area contributed by atoms with Gasteiger partial charge in [0.05, 0.1) is 16.6 Å². The Morgan fingerprint density at radius 3 is 2.81 bits per heavy atom. The Kier molecular flexibility index (Phi) is 3.60. The molecule has 0 aliphatic heterocycles. The first-order chi connectivity index (χ1) is 10.0. The molecule has 0 saturated heterocycles. The van der Waals surface area contributed by atoms with Gasteiger partial charge in [0, 0.05) is 12.6 Å². The monoisotopic (exact) mass is 312 g/mol. The average Bonchev–Trinajstić information content (AvgIpc) is 3.16. The van der Waals surface area contributed by atoms with Crippen LogP contribution in [0.2, 0.25) is 0 Å². The fourth-order valence-electron chi connectivity index (χ4n) is 1.82. The van der Waals surface area contributed by atoms with Gasteiger partial charge in [-0.2, -0.15) is 4.39 Å². The fraction of sp³-hybridized carbons (Fsp3) is 0.333. The minimum atomic E-state index is -1.10. The zero-order valence-corrected chi connectivity index (χ0v) is 11.5. The van der Waals surface area contributed by atoms with E-state index in [4.69, 9.17) is 0 Å². The van der Waals surface area contributed by atoms with Crippen LogP contribution in [-0.4, -0.2) is 21.2 Å². The van der Waals surface area contributed by atoms with E-state index in [0.29, 0.717) is 23.7 Å². The minimum absolute atomic E-state index is 0.127. The van der Waals surface area contributed by atoms with E-state index in [1.54, 1.807) is 0 Å². The highest BCUT2D eigenvalue weighted by Gasteiger charge is 2.24. The number of nitro benzene ring substituents is 1. The van der Waals surface area contributed by atoms with Gasteiger partial charge in [0.25, 0.3) is 0 Å². The second-order valence-electron chi connectivity index (χ2n) is 4.70. The van der Waals surface area contributed by atoms with E-state index in [0.717, 1.165) is 30.2 Å². The number of nitrogens with one attached hydrogen (secondary N) is 1. The standard InChI is InChI=1S/C12H10F2N4O2S/c13-6-3-8(11(14)9(4-6)18(19)20)12-17-16-10(21-12)5-15-7-1-2-7/h3-4,7,15H,1-2,5H2. The SMILES string of the molecule is O=[N+]([O-])c1cc(F)cc(-c2nnc(CNC3CC3)s2)c1F. The van der Waals surface area contributed by atoms with Gasteiger partial charge in [-0.15, -0.1) is 10.2 Å². The Balaban J connectivity index is 1.90. The first kappa shape index (κ1) is 14.0. The summed E-state index contributed by atoms with van der Waals surface area (Å²) in [5.74, 6) is -1.98. The van der Waals surface area contributed by atoms with E-state index < -0.39 is 22.2 Å². The van der Waals surface area contributed by atoms with Gasteiger partial charge >= 0.3 is 5.69 Å². The molecule has 9 heteroatoms. The molecule has 1 heterocycles. The van der Waals surface area contributed by atoms with Crippen LogP contribution in [0, 0.1) is 21.7 Å². The lowest BCUT2D eigenvalue weighted by atomic mass is 10.2. The zero-order valence-electron chi connectivity index (χ0n) is 10.7. The molecular weight excluding hydrogens is 302 g/mol. The van der Waals surface area contributed by atoms with Crippen molar-refractivity contribution >= 4 is 17.0 Å². The van der Waals surface area contributed by atoms with E-state index in [1.165, 1.54) is 0 Å². The summed E-state index contributed by atoms with van der Waals surface area (Å²) in [6.07, 6.45) is 2.24. The Hall–Kier alpha value is -2.00. The van der Waals surface area contributed by atoms with Crippen LogP contribution in [0.15, 0.2) is 12.1 Å². The number of nitro groups is 1. The van der Waals surface area contributed by atoms with E-state index in [-0.39, 0.29) is 10.6 Å². The summed E-state index contributed by atoms with van der Waals surface area (Å²) in [5.41, 5.74) is -1.14. The normalized spacial score (nSPS) is 14.4. The van der Waals surface area contributed by atoms with Gasteiger partial charge in [0.15, 0.2) is 5.01 Å². The van der Waals surface area contributed by atoms with Crippen molar-refractivity contribution < 1.29 is 13.7 Å². The third-order valence-corrected chi connectivity index (χ3v) is 3.99. The number of halogens is 2. The number of aromatic nitrogens is 2. The topological polar surface area (TPSA) is 81.0 Å². The van der Waals surface area contributed by atoms with Crippen molar-refractivity contribution in [1.29, 1.82) is 0 Å². The van der Waals surface area contributed by atoms with Crippen molar-refractivity contribution in [2.45, 2.75) is 25.4 Å². The van der Waals surface area contributed by atoms with Crippen LogP contribution in [0.5, 0.6) is 0 Å². The molecule has 1 aliphatic rings. The molecule has 1 aromatic carbocycles. The Labute approximate surface area is 122 Å². The number of nitrogens with zero attached hydrogens (tertiary/aromatic N) is 3.